The minimum atomic E-state index is 0.107. The first-order valence-electron chi connectivity index (χ1n) is 7.00. The van der Waals surface area contributed by atoms with Gasteiger partial charge in [-0.25, -0.2) is 0 Å². The molecule has 2 N–H and O–H groups in total. The van der Waals surface area contributed by atoms with Gasteiger partial charge in [-0.05, 0) is 30.4 Å². The van der Waals surface area contributed by atoms with Crippen molar-refractivity contribution in [3.63, 3.8) is 0 Å². The summed E-state index contributed by atoms with van der Waals surface area (Å²) in [7, 11) is 1.82. The molecule has 0 aromatic heterocycles. The van der Waals surface area contributed by atoms with E-state index >= 15 is 0 Å². The highest BCUT2D eigenvalue weighted by molar-refractivity contribution is 5.76. The lowest BCUT2D eigenvalue weighted by Crippen LogP contribution is -2.39. The molecule has 0 fully saturated rings. The first-order chi connectivity index (χ1) is 8.95. The van der Waals surface area contributed by atoms with E-state index in [0.717, 1.165) is 6.42 Å². The molecule has 1 unspecified atom stereocenters. The minimum Gasteiger partial charge on any atom is -0.342 e. The van der Waals surface area contributed by atoms with Gasteiger partial charge in [0, 0.05) is 26.1 Å². The smallest absolute Gasteiger partial charge is 0.222 e. The van der Waals surface area contributed by atoms with Crippen molar-refractivity contribution in [2.75, 3.05) is 13.6 Å². The maximum absolute atomic E-state index is 12.0. The molecule has 1 aromatic carbocycles. The van der Waals surface area contributed by atoms with Crippen LogP contribution in [0.15, 0.2) is 24.3 Å². The SMILES string of the molecule is CC(C)c1ccc(CCC(=O)N(C)C(C)CN)cc1. The van der Waals surface area contributed by atoms with Gasteiger partial charge in [0.1, 0.15) is 0 Å². The molecule has 0 bridgehead atoms. The molecule has 3 nitrogen and oxygen atoms in total. The fourth-order valence-electron chi connectivity index (χ4n) is 1.90. The average molecular weight is 262 g/mol. The van der Waals surface area contributed by atoms with E-state index in [2.05, 4.69) is 38.1 Å². The van der Waals surface area contributed by atoms with Gasteiger partial charge in [0.2, 0.25) is 5.91 Å². The topological polar surface area (TPSA) is 46.3 Å². The van der Waals surface area contributed by atoms with Crippen molar-refractivity contribution < 1.29 is 4.79 Å². The number of nitrogens with two attached hydrogens (primary N) is 1. The summed E-state index contributed by atoms with van der Waals surface area (Å²) in [6.45, 7) is 6.84. The predicted molar refractivity (Wildman–Crippen MR) is 80.1 cm³/mol. The van der Waals surface area contributed by atoms with Crippen molar-refractivity contribution in [1.29, 1.82) is 0 Å². The quantitative estimate of drug-likeness (QED) is 0.856. The largest absolute Gasteiger partial charge is 0.342 e. The summed E-state index contributed by atoms with van der Waals surface area (Å²) in [5.41, 5.74) is 8.12. The Hall–Kier alpha value is -1.35. The molecule has 0 radical (unpaired) electrons. The second-order valence-corrected chi connectivity index (χ2v) is 5.49. The summed E-state index contributed by atoms with van der Waals surface area (Å²) in [5, 5.41) is 0. The third kappa shape index (κ3) is 4.67. The Morgan fingerprint density at radius 1 is 1.21 bits per heavy atom. The Bertz CT molecular complexity index is 398. The molecule has 0 aliphatic heterocycles. The van der Waals surface area contributed by atoms with Gasteiger partial charge in [-0.2, -0.15) is 0 Å². The number of aryl methyl sites for hydroxylation is 1. The van der Waals surface area contributed by atoms with E-state index < -0.39 is 0 Å². The highest BCUT2D eigenvalue weighted by Crippen LogP contribution is 2.15. The number of likely N-dealkylation sites (N-methyl/N-ethyl adjacent to an activating group) is 1. The fourth-order valence-corrected chi connectivity index (χ4v) is 1.90. The number of amides is 1. The van der Waals surface area contributed by atoms with E-state index in [-0.39, 0.29) is 11.9 Å². The molecule has 1 aromatic rings. The molecule has 0 aliphatic carbocycles. The number of carbonyl (C=O) groups is 1. The lowest BCUT2D eigenvalue weighted by atomic mass is 10.00. The highest BCUT2D eigenvalue weighted by Gasteiger charge is 2.13. The van der Waals surface area contributed by atoms with Crippen molar-refractivity contribution >= 4 is 5.91 Å². The zero-order chi connectivity index (χ0) is 14.4. The average Bonchev–Trinajstić information content (AvgIpc) is 2.43. The van der Waals surface area contributed by atoms with Gasteiger partial charge in [-0.3, -0.25) is 4.79 Å². The van der Waals surface area contributed by atoms with Crippen molar-refractivity contribution in [3.05, 3.63) is 35.4 Å². The first-order valence-corrected chi connectivity index (χ1v) is 7.00. The summed E-state index contributed by atoms with van der Waals surface area (Å²) >= 11 is 0. The Balaban J connectivity index is 2.50. The monoisotopic (exact) mass is 262 g/mol. The maximum Gasteiger partial charge on any atom is 0.222 e. The van der Waals surface area contributed by atoms with Crippen LogP contribution in [0.2, 0.25) is 0 Å². The van der Waals surface area contributed by atoms with Gasteiger partial charge in [0.25, 0.3) is 0 Å². The zero-order valence-corrected chi connectivity index (χ0v) is 12.5. The van der Waals surface area contributed by atoms with Crippen LogP contribution in [0, 0.1) is 0 Å². The second-order valence-electron chi connectivity index (χ2n) is 5.49. The summed E-state index contributed by atoms with van der Waals surface area (Å²) in [5.74, 6) is 0.707. The highest BCUT2D eigenvalue weighted by atomic mass is 16.2. The fraction of sp³-hybridized carbons (Fsp3) is 0.562. The van der Waals surface area contributed by atoms with Gasteiger partial charge in [0.15, 0.2) is 0 Å². The maximum atomic E-state index is 12.0. The first kappa shape index (κ1) is 15.7. The Morgan fingerprint density at radius 3 is 2.26 bits per heavy atom. The third-order valence-corrected chi connectivity index (χ3v) is 3.67. The lowest BCUT2D eigenvalue weighted by Gasteiger charge is -2.23. The molecule has 0 aliphatic rings. The Labute approximate surface area is 116 Å². The summed E-state index contributed by atoms with van der Waals surface area (Å²) in [6.07, 6.45) is 1.33. The van der Waals surface area contributed by atoms with Crippen LogP contribution in [-0.2, 0) is 11.2 Å². The van der Waals surface area contributed by atoms with E-state index in [4.69, 9.17) is 5.73 Å². The van der Waals surface area contributed by atoms with Crippen molar-refractivity contribution in [2.24, 2.45) is 5.73 Å². The molecule has 19 heavy (non-hydrogen) atoms. The van der Waals surface area contributed by atoms with Crippen LogP contribution in [0.3, 0.4) is 0 Å². The molecular formula is C16H26N2O. The second kappa shape index (κ2) is 7.29. The van der Waals surface area contributed by atoms with Gasteiger partial charge in [0.05, 0.1) is 0 Å². The van der Waals surface area contributed by atoms with Crippen molar-refractivity contribution in [3.8, 4) is 0 Å². The Kier molecular flexibility index (Phi) is 6.03. The molecule has 3 heteroatoms. The molecule has 1 rings (SSSR count). The van der Waals surface area contributed by atoms with Crippen LogP contribution in [0.4, 0.5) is 0 Å². The number of carbonyl (C=O) groups excluding carboxylic acids is 1. The molecular weight excluding hydrogens is 236 g/mol. The molecule has 106 valence electrons. The molecule has 0 saturated heterocycles. The Morgan fingerprint density at radius 2 is 1.79 bits per heavy atom. The standard InChI is InChI=1S/C16H26N2O/c1-12(2)15-8-5-14(6-9-15)7-10-16(19)18(4)13(3)11-17/h5-6,8-9,12-13H,7,10-11,17H2,1-4H3. The van der Waals surface area contributed by atoms with Crippen LogP contribution in [0.5, 0.6) is 0 Å². The number of hydrogen-bond donors (Lipinski definition) is 1. The van der Waals surface area contributed by atoms with Gasteiger partial charge in [-0.15, -0.1) is 0 Å². The van der Waals surface area contributed by atoms with Crippen LogP contribution >= 0.6 is 0 Å². The van der Waals surface area contributed by atoms with Gasteiger partial charge >= 0.3 is 0 Å². The predicted octanol–water partition coefficient (Wildman–Crippen LogP) is 2.55. The van der Waals surface area contributed by atoms with Gasteiger partial charge < -0.3 is 10.6 Å². The van der Waals surface area contributed by atoms with Crippen LogP contribution in [-0.4, -0.2) is 30.4 Å². The number of rotatable bonds is 6. The normalized spacial score (nSPS) is 12.5. The summed E-state index contributed by atoms with van der Waals surface area (Å²) < 4.78 is 0. The lowest BCUT2D eigenvalue weighted by molar-refractivity contribution is -0.131. The zero-order valence-electron chi connectivity index (χ0n) is 12.5. The number of benzene rings is 1. The van der Waals surface area contributed by atoms with Crippen molar-refractivity contribution in [2.45, 2.75) is 45.6 Å². The summed E-state index contributed by atoms with van der Waals surface area (Å²) in [6, 6.07) is 8.65. The van der Waals surface area contributed by atoms with Crippen LogP contribution < -0.4 is 5.73 Å². The molecule has 0 heterocycles. The van der Waals surface area contributed by atoms with Crippen molar-refractivity contribution in [1.82, 2.24) is 4.90 Å². The molecule has 0 spiro atoms. The van der Waals surface area contributed by atoms with Gasteiger partial charge in [-0.1, -0.05) is 38.1 Å². The van der Waals surface area contributed by atoms with Crippen LogP contribution in [0.1, 0.15) is 44.2 Å². The van der Waals surface area contributed by atoms with E-state index in [0.29, 0.717) is 18.9 Å². The molecule has 0 saturated carbocycles. The number of nitrogens with zero attached hydrogens (tertiary/aromatic N) is 1. The van der Waals surface area contributed by atoms with Crippen LogP contribution in [0.25, 0.3) is 0 Å². The van der Waals surface area contributed by atoms with E-state index in [1.165, 1.54) is 11.1 Å². The summed E-state index contributed by atoms with van der Waals surface area (Å²) in [4.78, 5) is 13.7. The third-order valence-electron chi connectivity index (χ3n) is 3.67. The van der Waals surface area contributed by atoms with E-state index in [9.17, 15) is 4.79 Å². The molecule has 1 atom stereocenters. The minimum absolute atomic E-state index is 0.107. The number of hydrogen-bond acceptors (Lipinski definition) is 2. The van der Waals surface area contributed by atoms with E-state index in [1.807, 2.05) is 14.0 Å². The van der Waals surface area contributed by atoms with E-state index in [1.54, 1.807) is 4.90 Å². The molecule has 1 amide bonds.